The van der Waals surface area contributed by atoms with E-state index >= 15 is 0 Å². The van der Waals surface area contributed by atoms with Gasteiger partial charge in [0.15, 0.2) is 5.84 Å². The minimum Gasteiger partial charge on any atom is -0.409 e. The molecule has 0 saturated heterocycles. The molecule has 0 unspecified atom stereocenters. The minimum absolute atomic E-state index is 0.0279. The van der Waals surface area contributed by atoms with Gasteiger partial charge in [-0.3, -0.25) is 9.59 Å². The van der Waals surface area contributed by atoms with E-state index in [1.165, 1.54) is 9.80 Å². The number of likely N-dealkylation sites (N-methyl/N-ethyl adjacent to an activating group) is 1. The average molecular weight is 298 g/mol. The molecule has 3 N–H and O–H groups in total. The highest BCUT2D eigenvalue weighted by atomic mass is 16.4. The normalized spacial score (nSPS) is 17.6. The summed E-state index contributed by atoms with van der Waals surface area (Å²) in [5, 5.41) is 12.1. The lowest BCUT2D eigenvalue weighted by atomic mass is 9.83. The molecule has 0 bridgehead atoms. The molecular weight excluding hydrogens is 272 g/mol. The van der Waals surface area contributed by atoms with Crippen LogP contribution >= 0.6 is 0 Å². The van der Waals surface area contributed by atoms with E-state index in [4.69, 9.17) is 10.9 Å². The van der Waals surface area contributed by atoms with Crippen LogP contribution in [-0.2, 0) is 9.59 Å². The lowest BCUT2D eigenvalue weighted by molar-refractivity contribution is -0.143. The molecule has 7 heteroatoms. The van der Waals surface area contributed by atoms with Crippen LogP contribution in [0.5, 0.6) is 0 Å². The maximum Gasteiger partial charge on any atom is 0.241 e. The fourth-order valence-corrected chi connectivity index (χ4v) is 2.78. The van der Waals surface area contributed by atoms with Crippen LogP contribution in [0.25, 0.3) is 0 Å². The van der Waals surface area contributed by atoms with Crippen LogP contribution in [0, 0.1) is 5.41 Å². The van der Waals surface area contributed by atoms with E-state index in [2.05, 4.69) is 5.16 Å². The van der Waals surface area contributed by atoms with Gasteiger partial charge in [0.2, 0.25) is 11.8 Å². The quantitative estimate of drug-likeness (QED) is 0.325. The van der Waals surface area contributed by atoms with Crippen LogP contribution in [0.4, 0.5) is 0 Å². The Kier molecular flexibility index (Phi) is 5.99. The maximum atomic E-state index is 12.9. The molecule has 21 heavy (non-hydrogen) atoms. The maximum absolute atomic E-state index is 12.9. The van der Waals surface area contributed by atoms with Gasteiger partial charge >= 0.3 is 0 Å². The van der Waals surface area contributed by atoms with Crippen molar-refractivity contribution in [3.05, 3.63) is 0 Å². The predicted molar refractivity (Wildman–Crippen MR) is 79.9 cm³/mol. The molecule has 120 valence electrons. The number of hydrogen-bond acceptors (Lipinski definition) is 4. The van der Waals surface area contributed by atoms with Gasteiger partial charge in [-0.15, -0.1) is 0 Å². The van der Waals surface area contributed by atoms with Crippen molar-refractivity contribution >= 4 is 17.6 Å². The third-order valence-corrected chi connectivity index (χ3v) is 4.07. The van der Waals surface area contributed by atoms with Gasteiger partial charge in [0.1, 0.15) is 5.41 Å². The van der Waals surface area contributed by atoms with Gasteiger partial charge in [-0.2, -0.15) is 0 Å². The largest absolute Gasteiger partial charge is 0.409 e. The molecule has 0 spiro atoms. The highest BCUT2D eigenvalue weighted by Gasteiger charge is 2.47. The summed E-state index contributed by atoms with van der Waals surface area (Å²) in [6.07, 6.45) is 3.61. The fraction of sp³-hybridized carbons (Fsp3) is 0.786. The molecule has 0 heterocycles. The molecule has 0 atom stereocenters. The summed E-state index contributed by atoms with van der Waals surface area (Å²) in [5.41, 5.74) is 4.85. The predicted octanol–water partition coefficient (Wildman–Crippen LogP) is 0.620. The standard InChI is InChI=1S/C14H26N4O3/c1-4-9-18(10-11(19)17(2)3)13(20)14(12(15)16-21)7-5-6-8-14/h21H,4-10H2,1-3H3,(H2,15,16). The van der Waals surface area contributed by atoms with E-state index in [1.54, 1.807) is 14.1 Å². The van der Waals surface area contributed by atoms with E-state index in [9.17, 15) is 9.59 Å². The summed E-state index contributed by atoms with van der Waals surface area (Å²) in [5.74, 6) is -0.375. The molecule has 1 rings (SSSR count). The monoisotopic (exact) mass is 298 g/mol. The average Bonchev–Trinajstić information content (AvgIpc) is 2.95. The number of carbonyl (C=O) groups excluding carboxylic acids is 2. The molecule has 7 nitrogen and oxygen atoms in total. The molecular formula is C14H26N4O3. The molecule has 0 aromatic rings. The lowest BCUT2D eigenvalue weighted by Gasteiger charge is -2.33. The van der Waals surface area contributed by atoms with Crippen molar-refractivity contribution in [2.45, 2.75) is 39.0 Å². The Morgan fingerprint density at radius 1 is 1.29 bits per heavy atom. The Labute approximate surface area is 125 Å². The van der Waals surface area contributed by atoms with Crippen molar-refractivity contribution in [3.8, 4) is 0 Å². The number of amidine groups is 1. The summed E-state index contributed by atoms with van der Waals surface area (Å²) in [6.45, 7) is 2.46. The summed E-state index contributed by atoms with van der Waals surface area (Å²) in [6, 6.07) is 0. The number of nitrogens with two attached hydrogens (primary N) is 1. The molecule has 0 aromatic carbocycles. The summed E-state index contributed by atoms with van der Waals surface area (Å²) < 4.78 is 0. The molecule has 0 aliphatic heterocycles. The van der Waals surface area contributed by atoms with E-state index in [0.29, 0.717) is 19.4 Å². The second-order valence-corrected chi connectivity index (χ2v) is 5.79. The van der Waals surface area contributed by atoms with Crippen LogP contribution in [0.1, 0.15) is 39.0 Å². The van der Waals surface area contributed by atoms with Gasteiger partial charge in [-0.25, -0.2) is 0 Å². The van der Waals surface area contributed by atoms with Crippen molar-refractivity contribution < 1.29 is 14.8 Å². The first-order chi connectivity index (χ1) is 9.89. The molecule has 0 aromatic heterocycles. The Hall–Kier alpha value is -1.79. The van der Waals surface area contributed by atoms with Gasteiger partial charge in [0.05, 0.1) is 6.54 Å². The van der Waals surface area contributed by atoms with Gasteiger partial charge < -0.3 is 20.7 Å². The topological polar surface area (TPSA) is 99.2 Å². The van der Waals surface area contributed by atoms with Crippen molar-refractivity contribution in [3.63, 3.8) is 0 Å². The summed E-state index contributed by atoms with van der Waals surface area (Å²) in [4.78, 5) is 27.8. The smallest absolute Gasteiger partial charge is 0.241 e. The van der Waals surface area contributed by atoms with Crippen molar-refractivity contribution in [2.24, 2.45) is 16.3 Å². The number of carbonyl (C=O) groups is 2. The SMILES string of the molecule is CCCN(CC(=O)N(C)C)C(=O)C1(C(N)=NO)CCCC1. The first kappa shape index (κ1) is 17.3. The Bertz CT molecular complexity index is 414. The second-order valence-electron chi connectivity index (χ2n) is 5.79. The third kappa shape index (κ3) is 3.65. The van der Waals surface area contributed by atoms with Crippen molar-refractivity contribution in [1.29, 1.82) is 0 Å². The first-order valence-corrected chi connectivity index (χ1v) is 7.36. The number of hydrogen-bond donors (Lipinski definition) is 2. The zero-order chi connectivity index (χ0) is 16.0. The van der Waals surface area contributed by atoms with Gasteiger partial charge in [0, 0.05) is 20.6 Å². The third-order valence-electron chi connectivity index (χ3n) is 4.07. The molecule has 2 amide bonds. The Balaban J connectivity index is 3.00. The van der Waals surface area contributed by atoms with E-state index in [0.717, 1.165) is 19.3 Å². The zero-order valence-corrected chi connectivity index (χ0v) is 13.1. The van der Waals surface area contributed by atoms with Crippen LogP contribution in [0.15, 0.2) is 5.16 Å². The van der Waals surface area contributed by atoms with E-state index in [1.807, 2.05) is 6.92 Å². The van der Waals surface area contributed by atoms with Crippen LogP contribution in [-0.4, -0.2) is 59.8 Å². The van der Waals surface area contributed by atoms with Crippen molar-refractivity contribution in [1.82, 2.24) is 9.80 Å². The van der Waals surface area contributed by atoms with Crippen LogP contribution < -0.4 is 5.73 Å². The lowest BCUT2D eigenvalue weighted by Crippen LogP contribution is -2.52. The first-order valence-electron chi connectivity index (χ1n) is 7.36. The molecule has 1 aliphatic carbocycles. The second kappa shape index (κ2) is 7.28. The van der Waals surface area contributed by atoms with Crippen molar-refractivity contribution in [2.75, 3.05) is 27.2 Å². The summed E-state index contributed by atoms with van der Waals surface area (Å²) in [7, 11) is 3.32. The zero-order valence-electron chi connectivity index (χ0n) is 13.1. The molecule has 0 radical (unpaired) electrons. The van der Waals surface area contributed by atoms with E-state index in [-0.39, 0.29) is 24.2 Å². The molecule has 1 aliphatic rings. The fourth-order valence-electron chi connectivity index (χ4n) is 2.78. The van der Waals surface area contributed by atoms with Gasteiger partial charge in [-0.1, -0.05) is 24.9 Å². The number of rotatable bonds is 6. The van der Waals surface area contributed by atoms with Crippen LogP contribution in [0.2, 0.25) is 0 Å². The minimum atomic E-state index is -0.948. The van der Waals surface area contributed by atoms with E-state index < -0.39 is 5.41 Å². The molecule has 1 fully saturated rings. The highest BCUT2D eigenvalue weighted by Crippen LogP contribution is 2.40. The highest BCUT2D eigenvalue weighted by molar-refractivity contribution is 6.07. The van der Waals surface area contributed by atoms with Crippen LogP contribution in [0.3, 0.4) is 0 Å². The number of amides is 2. The Morgan fingerprint density at radius 3 is 2.29 bits per heavy atom. The number of nitrogens with zero attached hydrogens (tertiary/aromatic N) is 3. The number of oxime groups is 1. The van der Waals surface area contributed by atoms with Gasteiger partial charge in [0.25, 0.3) is 0 Å². The molecule has 1 saturated carbocycles. The summed E-state index contributed by atoms with van der Waals surface area (Å²) >= 11 is 0. The Morgan fingerprint density at radius 2 is 1.86 bits per heavy atom. The van der Waals surface area contributed by atoms with Gasteiger partial charge in [-0.05, 0) is 19.3 Å².